The summed E-state index contributed by atoms with van der Waals surface area (Å²) in [6.07, 6.45) is 3.44. The van der Waals surface area contributed by atoms with Gasteiger partial charge in [-0.25, -0.2) is 4.79 Å². The van der Waals surface area contributed by atoms with Gasteiger partial charge in [0.25, 0.3) is 0 Å². The average molecular weight is 240 g/mol. The SMILES string of the molecule is NC(=O)N1CCC(NCC2CCC(=O)N2)CC1. The Morgan fingerprint density at radius 2 is 2.12 bits per heavy atom. The zero-order chi connectivity index (χ0) is 12.3. The number of hydrogen-bond acceptors (Lipinski definition) is 3. The zero-order valence-electron chi connectivity index (χ0n) is 9.95. The number of nitrogens with two attached hydrogens (primary N) is 1. The largest absolute Gasteiger partial charge is 0.352 e. The number of carbonyl (C=O) groups is 2. The topological polar surface area (TPSA) is 87.5 Å². The van der Waals surface area contributed by atoms with E-state index in [0.717, 1.165) is 38.9 Å². The van der Waals surface area contributed by atoms with E-state index in [4.69, 9.17) is 5.73 Å². The lowest BCUT2D eigenvalue weighted by molar-refractivity contribution is -0.119. The van der Waals surface area contributed by atoms with Crippen LogP contribution >= 0.6 is 0 Å². The highest BCUT2D eigenvalue weighted by Gasteiger charge is 2.24. The first kappa shape index (κ1) is 12.2. The number of nitrogens with one attached hydrogen (secondary N) is 2. The summed E-state index contributed by atoms with van der Waals surface area (Å²) in [5.41, 5.74) is 5.22. The monoisotopic (exact) mass is 240 g/mol. The van der Waals surface area contributed by atoms with Gasteiger partial charge in [-0.2, -0.15) is 0 Å². The maximum Gasteiger partial charge on any atom is 0.314 e. The molecular formula is C11H20N4O2. The van der Waals surface area contributed by atoms with Gasteiger partial charge in [0.1, 0.15) is 0 Å². The molecule has 0 aliphatic carbocycles. The number of hydrogen-bond donors (Lipinski definition) is 3. The van der Waals surface area contributed by atoms with Gasteiger partial charge in [0.2, 0.25) is 5.91 Å². The Kier molecular flexibility index (Phi) is 3.83. The van der Waals surface area contributed by atoms with E-state index in [2.05, 4.69) is 10.6 Å². The molecule has 2 fully saturated rings. The van der Waals surface area contributed by atoms with E-state index in [1.807, 2.05) is 0 Å². The Balaban J connectivity index is 1.65. The fourth-order valence-electron chi connectivity index (χ4n) is 2.44. The summed E-state index contributed by atoms with van der Waals surface area (Å²) in [4.78, 5) is 23.6. The van der Waals surface area contributed by atoms with Gasteiger partial charge in [-0.15, -0.1) is 0 Å². The Hall–Kier alpha value is -1.30. The smallest absolute Gasteiger partial charge is 0.314 e. The van der Waals surface area contributed by atoms with Crippen molar-refractivity contribution in [1.82, 2.24) is 15.5 Å². The first-order chi connectivity index (χ1) is 8.15. The number of nitrogens with zero attached hydrogens (tertiary/aromatic N) is 1. The van der Waals surface area contributed by atoms with Gasteiger partial charge in [-0.1, -0.05) is 0 Å². The van der Waals surface area contributed by atoms with Gasteiger partial charge in [0, 0.05) is 38.1 Å². The fourth-order valence-corrected chi connectivity index (χ4v) is 2.44. The van der Waals surface area contributed by atoms with Gasteiger partial charge >= 0.3 is 6.03 Å². The van der Waals surface area contributed by atoms with Gasteiger partial charge in [-0.3, -0.25) is 4.79 Å². The van der Waals surface area contributed by atoms with Crippen LogP contribution in [0.15, 0.2) is 0 Å². The standard InChI is InChI=1S/C11H20N4O2/c12-11(17)15-5-3-8(4-6-15)13-7-9-1-2-10(16)14-9/h8-9,13H,1-7H2,(H2,12,17)(H,14,16). The van der Waals surface area contributed by atoms with Gasteiger partial charge < -0.3 is 21.3 Å². The van der Waals surface area contributed by atoms with Crippen LogP contribution in [0.25, 0.3) is 0 Å². The molecule has 2 aliphatic rings. The van der Waals surface area contributed by atoms with Crippen molar-refractivity contribution in [2.45, 2.75) is 37.8 Å². The van der Waals surface area contributed by atoms with Crippen molar-refractivity contribution in [2.24, 2.45) is 5.73 Å². The molecular weight excluding hydrogens is 220 g/mol. The van der Waals surface area contributed by atoms with Gasteiger partial charge in [0.05, 0.1) is 0 Å². The molecule has 0 aromatic rings. The summed E-state index contributed by atoms with van der Waals surface area (Å²) < 4.78 is 0. The van der Waals surface area contributed by atoms with Crippen LogP contribution in [0.3, 0.4) is 0 Å². The van der Waals surface area contributed by atoms with Crippen molar-refractivity contribution in [2.75, 3.05) is 19.6 Å². The van der Waals surface area contributed by atoms with Crippen LogP contribution in [0.1, 0.15) is 25.7 Å². The lowest BCUT2D eigenvalue weighted by Crippen LogP contribution is -2.48. The second-order valence-electron chi connectivity index (χ2n) is 4.81. The van der Waals surface area contributed by atoms with Crippen molar-refractivity contribution < 1.29 is 9.59 Å². The van der Waals surface area contributed by atoms with Crippen LogP contribution in [0.5, 0.6) is 0 Å². The predicted octanol–water partition coefficient (Wildman–Crippen LogP) is -0.602. The maximum absolute atomic E-state index is 11.0. The number of amides is 3. The third kappa shape index (κ3) is 3.33. The summed E-state index contributed by atoms with van der Waals surface area (Å²) >= 11 is 0. The Bertz CT molecular complexity index is 300. The van der Waals surface area contributed by atoms with E-state index in [1.54, 1.807) is 4.90 Å². The number of piperidine rings is 1. The molecule has 96 valence electrons. The minimum Gasteiger partial charge on any atom is -0.352 e. The third-order valence-electron chi connectivity index (χ3n) is 3.54. The predicted molar refractivity (Wildman–Crippen MR) is 63.3 cm³/mol. The van der Waals surface area contributed by atoms with E-state index in [0.29, 0.717) is 12.5 Å². The summed E-state index contributed by atoms with van der Waals surface area (Å²) in [6, 6.07) is 0.381. The highest BCUT2D eigenvalue weighted by atomic mass is 16.2. The summed E-state index contributed by atoms with van der Waals surface area (Å²) in [7, 11) is 0. The first-order valence-corrected chi connectivity index (χ1v) is 6.22. The molecule has 0 radical (unpaired) electrons. The highest BCUT2D eigenvalue weighted by Crippen LogP contribution is 2.11. The lowest BCUT2D eigenvalue weighted by Gasteiger charge is -2.31. The Labute approximate surface area is 101 Å². The quantitative estimate of drug-likeness (QED) is 0.615. The summed E-state index contributed by atoms with van der Waals surface area (Å²) in [5, 5.41) is 6.38. The molecule has 0 saturated carbocycles. The number of urea groups is 1. The molecule has 4 N–H and O–H groups in total. The second kappa shape index (κ2) is 5.35. The summed E-state index contributed by atoms with van der Waals surface area (Å²) in [6.45, 7) is 2.28. The van der Waals surface area contributed by atoms with Crippen LogP contribution in [0.2, 0.25) is 0 Å². The van der Waals surface area contributed by atoms with E-state index < -0.39 is 0 Å². The molecule has 1 atom stereocenters. The minimum absolute atomic E-state index is 0.153. The molecule has 0 bridgehead atoms. The number of carbonyl (C=O) groups excluding carboxylic acids is 2. The van der Waals surface area contributed by atoms with Crippen LogP contribution in [0.4, 0.5) is 4.79 Å². The molecule has 6 heteroatoms. The van der Waals surface area contributed by atoms with E-state index in [-0.39, 0.29) is 18.0 Å². The van der Waals surface area contributed by atoms with Crippen molar-refractivity contribution >= 4 is 11.9 Å². The van der Waals surface area contributed by atoms with E-state index in [9.17, 15) is 9.59 Å². The molecule has 0 aromatic heterocycles. The molecule has 2 saturated heterocycles. The molecule has 0 spiro atoms. The lowest BCUT2D eigenvalue weighted by atomic mass is 10.0. The first-order valence-electron chi connectivity index (χ1n) is 6.22. The van der Waals surface area contributed by atoms with Crippen LogP contribution in [-0.2, 0) is 4.79 Å². The molecule has 2 aliphatic heterocycles. The molecule has 17 heavy (non-hydrogen) atoms. The van der Waals surface area contributed by atoms with Crippen LogP contribution < -0.4 is 16.4 Å². The fraction of sp³-hybridized carbons (Fsp3) is 0.818. The van der Waals surface area contributed by atoms with Crippen molar-refractivity contribution in [3.63, 3.8) is 0 Å². The van der Waals surface area contributed by atoms with E-state index >= 15 is 0 Å². The molecule has 3 amide bonds. The second-order valence-corrected chi connectivity index (χ2v) is 4.81. The van der Waals surface area contributed by atoms with Crippen LogP contribution in [0, 0.1) is 0 Å². The Morgan fingerprint density at radius 1 is 1.41 bits per heavy atom. The van der Waals surface area contributed by atoms with Crippen LogP contribution in [-0.4, -0.2) is 48.6 Å². The Morgan fingerprint density at radius 3 is 2.65 bits per heavy atom. The van der Waals surface area contributed by atoms with Crippen molar-refractivity contribution in [3.8, 4) is 0 Å². The molecule has 0 aromatic carbocycles. The third-order valence-corrected chi connectivity index (χ3v) is 3.54. The zero-order valence-corrected chi connectivity index (χ0v) is 9.95. The van der Waals surface area contributed by atoms with Crippen molar-refractivity contribution in [1.29, 1.82) is 0 Å². The maximum atomic E-state index is 11.0. The molecule has 6 nitrogen and oxygen atoms in total. The summed E-state index contributed by atoms with van der Waals surface area (Å²) in [5.74, 6) is 0.153. The van der Waals surface area contributed by atoms with Crippen molar-refractivity contribution in [3.05, 3.63) is 0 Å². The normalized spacial score (nSPS) is 26.0. The molecule has 1 unspecified atom stereocenters. The van der Waals surface area contributed by atoms with E-state index in [1.165, 1.54) is 0 Å². The minimum atomic E-state index is -0.327. The number of primary amides is 1. The molecule has 2 rings (SSSR count). The number of rotatable bonds is 3. The molecule has 2 heterocycles. The van der Waals surface area contributed by atoms with Gasteiger partial charge in [-0.05, 0) is 19.3 Å². The number of likely N-dealkylation sites (tertiary alicyclic amines) is 1. The van der Waals surface area contributed by atoms with Gasteiger partial charge in [0.15, 0.2) is 0 Å². The highest BCUT2D eigenvalue weighted by molar-refractivity contribution is 5.78. The average Bonchev–Trinajstić information content (AvgIpc) is 2.73.